The van der Waals surface area contributed by atoms with Gasteiger partial charge >= 0.3 is 0 Å². The third-order valence-corrected chi connectivity index (χ3v) is 3.93. The first-order chi connectivity index (χ1) is 8.91. The van der Waals surface area contributed by atoms with Gasteiger partial charge in [0.1, 0.15) is 12.4 Å². The molecule has 1 aliphatic carbocycles. The van der Waals surface area contributed by atoms with Crippen molar-refractivity contribution in [3.05, 3.63) is 29.3 Å². The van der Waals surface area contributed by atoms with Crippen LogP contribution in [0.2, 0.25) is 0 Å². The maximum absolute atomic E-state index is 6.14. The molecule has 0 heterocycles. The molecule has 1 fully saturated rings. The Labute approximate surface area is 117 Å². The van der Waals surface area contributed by atoms with Gasteiger partial charge in [0, 0.05) is 6.04 Å². The van der Waals surface area contributed by atoms with Crippen LogP contribution in [-0.2, 0) is 5.41 Å². The molecule has 0 aliphatic heterocycles. The highest BCUT2D eigenvalue weighted by molar-refractivity contribution is 5.41. The average molecular weight is 261 g/mol. The van der Waals surface area contributed by atoms with Crippen molar-refractivity contribution in [2.75, 3.05) is 13.7 Å². The van der Waals surface area contributed by atoms with E-state index in [1.54, 1.807) is 0 Å². The summed E-state index contributed by atoms with van der Waals surface area (Å²) in [7, 11) is 2.03. The van der Waals surface area contributed by atoms with Gasteiger partial charge in [-0.25, -0.2) is 0 Å². The van der Waals surface area contributed by atoms with Gasteiger partial charge in [-0.05, 0) is 55.3 Å². The van der Waals surface area contributed by atoms with Gasteiger partial charge in [-0.3, -0.25) is 0 Å². The molecule has 2 nitrogen and oxygen atoms in total. The quantitative estimate of drug-likeness (QED) is 0.873. The third kappa shape index (κ3) is 3.73. The summed E-state index contributed by atoms with van der Waals surface area (Å²) in [6, 6.07) is 7.04. The number of rotatable bonds is 5. The zero-order valence-electron chi connectivity index (χ0n) is 12.9. The number of likely N-dealkylation sites (N-methyl/N-ethyl adjacent to an activating group) is 1. The second kappa shape index (κ2) is 5.54. The Kier molecular flexibility index (Phi) is 4.19. The molecule has 1 aliphatic rings. The first kappa shape index (κ1) is 14.4. The van der Waals surface area contributed by atoms with Gasteiger partial charge in [0.15, 0.2) is 0 Å². The molecule has 0 bridgehead atoms. The number of ether oxygens (including phenoxy) is 1. The lowest BCUT2D eigenvalue weighted by Gasteiger charge is -2.25. The van der Waals surface area contributed by atoms with Crippen molar-refractivity contribution in [1.82, 2.24) is 5.32 Å². The largest absolute Gasteiger partial charge is 0.492 e. The molecule has 1 N–H and O–H groups in total. The average Bonchev–Trinajstić information content (AvgIpc) is 3.12. The van der Waals surface area contributed by atoms with Crippen LogP contribution in [-0.4, -0.2) is 19.7 Å². The Balaban J connectivity index is 2.11. The first-order valence-corrected chi connectivity index (χ1v) is 7.33. The van der Waals surface area contributed by atoms with Crippen LogP contribution < -0.4 is 10.1 Å². The lowest BCUT2D eigenvalue weighted by molar-refractivity contribution is 0.251. The summed E-state index contributed by atoms with van der Waals surface area (Å²) < 4.78 is 6.14. The van der Waals surface area contributed by atoms with Crippen molar-refractivity contribution >= 4 is 0 Å². The highest BCUT2D eigenvalue weighted by atomic mass is 16.5. The second-order valence-corrected chi connectivity index (χ2v) is 6.79. The molecule has 1 aromatic carbocycles. The van der Waals surface area contributed by atoms with Crippen LogP contribution in [0, 0.1) is 12.8 Å². The fraction of sp³-hybridized carbons (Fsp3) is 0.647. The number of aryl methyl sites for hydroxylation is 1. The molecule has 1 aromatic rings. The number of benzene rings is 1. The fourth-order valence-corrected chi connectivity index (χ4v) is 2.50. The van der Waals surface area contributed by atoms with Crippen LogP contribution in [0.1, 0.15) is 44.7 Å². The molecule has 1 unspecified atom stereocenters. The summed E-state index contributed by atoms with van der Waals surface area (Å²) >= 11 is 0. The van der Waals surface area contributed by atoms with Crippen molar-refractivity contribution in [3.8, 4) is 5.75 Å². The van der Waals surface area contributed by atoms with Crippen LogP contribution in [0.25, 0.3) is 0 Å². The summed E-state index contributed by atoms with van der Waals surface area (Å²) in [5.41, 5.74) is 2.68. The van der Waals surface area contributed by atoms with Crippen LogP contribution in [0.5, 0.6) is 5.75 Å². The molecule has 0 radical (unpaired) electrons. The molecular weight excluding hydrogens is 234 g/mol. The highest BCUT2D eigenvalue weighted by Crippen LogP contribution is 2.35. The van der Waals surface area contributed by atoms with Gasteiger partial charge < -0.3 is 10.1 Å². The summed E-state index contributed by atoms with van der Waals surface area (Å²) in [6.07, 6.45) is 2.68. The SMILES string of the molecule is CNC(COc1cc(C)ccc1C(C)(C)C)C1CC1. The summed E-state index contributed by atoms with van der Waals surface area (Å²) in [6.45, 7) is 9.60. The van der Waals surface area contributed by atoms with Crippen molar-refractivity contribution in [2.45, 2.75) is 52.0 Å². The lowest BCUT2D eigenvalue weighted by atomic mass is 9.86. The minimum absolute atomic E-state index is 0.123. The number of hydrogen-bond acceptors (Lipinski definition) is 2. The van der Waals surface area contributed by atoms with Crippen molar-refractivity contribution < 1.29 is 4.74 Å². The standard InChI is InChI=1S/C17H27NO/c1-12-6-9-14(17(2,3)4)16(10-12)19-11-15(18-5)13-7-8-13/h6,9-10,13,15,18H,7-8,11H2,1-5H3. The molecule has 2 heteroatoms. The van der Waals surface area contributed by atoms with Gasteiger partial charge in [-0.2, -0.15) is 0 Å². The highest BCUT2D eigenvalue weighted by Gasteiger charge is 2.31. The van der Waals surface area contributed by atoms with E-state index in [0.29, 0.717) is 6.04 Å². The van der Waals surface area contributed by atoms with Crippen LogP contribution in [0.4, 0.5) is 0 Å². The van der Waals surface area contributed by atoms with Gasteiger partial charge in [0.25, 0.3) is 0 Å². The zero-order chi connectivity index (χ0) is 14.0. The normalized spacial score (nSPS) is 17.3. The van der Waals surface area contributed by atoms with E-state index in [9.17, 15) is 0 Å². The van der Waals surface area contributed by atoms with Gasteiger partial charge in [0.05, 0.1) is 0 Å². The van der Waals surface area contributed by atoms with E-state index in [0.717, 1.165) is 18.3 Å². The first-order valence-electron chi connectivity index (χ1n) is 7.33. The summed E-state index contributed by atoms with van der Waals surface area (Å²) in [4.78, 5) is 0. The van der Waals surface area contributed by atoms with E-state index in [2.05, 4.69) is 51.2 Å². The number of nitrogens with one attached hydrogen (secondary N) is 1. The van der Waals surface area contributed by atoms with Crippen LogP contribution in [0.3, 0.4) is 0 Å². The third-order valence-electron chi connectivity index (χ3n) is 3.93. The Morgan fingerprint density at radius 1 is 1.32 bits per heavy atom. The van der Waals surface area contributed by atoms with Crippen molar-refractivity contribution in [3.63, 3.8) is 0 Å². The predicted octanol–water partition coefficient (Wildman–Crippen LogP) is 3.67. The molecule has 0 spiro atoms. The van der Waals surface area contributed by atoms with Gasteiger partial charge in [-0.1, -0.05) is 32.9 Å². The molecule has 0 aromatic heterocycles. The predicted molar refractivity (Wildman–Crippen MR) is 80.9 cm³/mol. The Bertz CT molecular complexity index is 429. The molecule has 0 saturated heterocycles. The molecular formula is C17H27NO. The Morgan fingerprint density at radius 2 is 2.00 bits per heavy atom. The molecule has 0 amide bonds. The fourth-order valence-electron chi connectivity index (χ4n) is 2.50. The molecule has 106 valence electrons. The van der Waals surface area contributed by atoms with E-state index < -0.39 is 0 Å². The maximum atomic E-state index is 6.14. The lowest BCUT2D eigenvalue weighted by Crippen LogP contribution is -2.34. The van der Waals surface area contributed by atoms with Gasteiger partial charge in [-0.15, -0.1) is 0 Å². The zero-order valence-corrected chi connectivity index (χ0v) is 12.9. The van der Waals surface area contributed by atoms with E-state index >= 15 is 0 Å². The van der Waals surface area contributed by atoms with Gasteiger partial charge in [0.2, 0.25) is 0 Å². The summed E-state index contributed by atoms with van der Waals surface area (Å²) in [5.74, 6) is 1.86. The summed E-state index contributed by atoms with van der Waals surface area (Å²) in [5, 5.41) is 3.38. The van der Waals surface area contributed by atoms with E-state index in [1.165, 1.54) is 24.0 Å². The van der Waals surface area contributed by atoms with Crippen LogP contribution >= 0.6 is 0 Å². The molecule has 1 atom stereocenters. The minimum atomic E-state index is 0.123. The molecule has 1 saturated carbocycles. The van der Waals surface area contributed by atoms with Crippen molar-refractivity contribution in [2.24, 2.45) is 5.92 Å². The van der Waals surface area contributed by atoms with E-state index in [4.69, 9.17) is 4.74 Å². The Morgan fingerprint density at radius 3 is 2.53 bits per heavy atom. The van der Waals surface area contributed by atoms with Crippen molar-refractivity contribution in [1.29, 1.82) is 0 Å². The monoisotopic (exact) mass is 261 g/mol. The maximum Gasteiger partial charge on any atom is 0.123 e. The smallest absolute Gasteiger partial charge is 0.123 e. The molecule has 19 heavy (non-hydrogen) atoms. The second-order valence-electron chi connectivity index (χ2n) is 6.79. The van der Waals surface area contributed by atoms with E-state index in [1.807, 2.05) is 7.05 Å². The number of hydrogen-bond donors (Lipinski definition) is 1. The topological polar surface area (TPSA) is 21.3 Å². The molecule has 2 rings (SSSR count). The van der Waals surface area contributed by atoms with Crippen LogP contribution in [0.15, 0.2) is 18.2 Å². The minimum Gasteiger partial charge on any atom is -0.492 e. The Hall–Kier alpha value is -1.02. The van der Waals surface area contributed by atoms with E-state index in [-0.39, 0.29) is 5.41 Å².